The van der Waals surface area contributed by atoms with Crippen LogP contribution >= 0.6 is 24.0 Å². The van der Waals surface area contributed by atoms with Crippen LogP contribution in [0.2, 0.25) is 0 Å². The molecule has 2 rings (SSSR count). The lowest BCUT2D eigenvalue weighted by atomic mass is 10.0. The van der Waals surface area contributed by atoms with E-state index in [0.29, 0.717) is 12.0 Å². The van der Waals surface area contributed by atoms with E-state index in [0.717, 1.165) is 51.4 Å². The summed E-state index contributed by atoms with van der Waals surface area (Å²) >= 11 is 0. The lowest BCUT2D eigenvalue weighted by Gasteiger charge is -2.33. The van der Waals surface area contributed by atoms with Gasteiger partial charge in [0.1, 0.15) is 6.54 Å². The molecule has 1 amide bonds. The number of hydrogen-bond donors (Lipinski definition) is 2. The van der Waals surface area contributed by atoms with Gasteiger partial charge in [0.15, 0.2) is 5.96 Å². The molecule has 0 spiro atoms. The van der Waals surface area contributed by atoms with Gasteiger partial charge in [0.2, 0.25) is 5.91 Å². The minimum absolute atomic E-state index is 0. The van der Waals surface area contributed by atoms with Gasteiger partial charge in [0.05, 0.1) is 0 Å². The number of aliphatic imine (C=N–C) groups is 1. The highest BCUT2D eigenvalue weighted by molar-refractivity contribution is 14.0. The molecule has 0 bridgehead atoms. The van der Waals surface area contributed by atoms with Crippen LogP contribution in [0, 0.1) is 5.92 Å². The number of nitrogens with zero attached hydrogens (tertiary/aromatic N) is 3. The number of halogens is 1. The van der Waals surface area contributed by atoms with Crippen molar-refractivity contribution >= 4 is 35.8 Å². The number of carbonyl (C=O) groups excluding carboxylic acids is 1. The van der Waals surface area contributed by atoms with Crippen molar-refractivity contribution in [3.8, 4) is 0 Å². The van der Waals surface area contributed by atoms with E-state index in [1.807, 2.05) is 0 Å². The van der Waals surface area contributed by atoms with Crippen molar-refractivity contribution in [1.82, 2.24) is 20.4 Å². The molecule has 0 aromatic heterocycles. The number of hydrogen-bond acceptors (Lipinski definition) is 3. The van der Waals surface area contributed by atoms with Crippen LogP contribution in [0.4, 0.5) is 0 Å². The van der Waals surface area contributed by atoms with Gasteiger partial charge in [-0.05, 0) is 30.7 Å². The molecule has 0 atom stereocenters. The number of rotatable bonds is 8. The van der Waals surface area contributed by atoms with Crippen molar-refractivity contribution < 1.29 is 4.79 Å². The Kier molecular flexibility index (Phi) is 12.2. The fourth-order valence-electron chi connectivity index (χ4n) is 3.19. The molecule has 1 aliphatic rings. The summed E-state index contributed by atoms with van der Waals surface area (Å²) in [6.45, 7) is 8.63. The smallest absolute Gasteiger partial charge is 0.243 e. The molecule has 0 aliphatic carbocycles. The van der Waals surface area contributed by atoms with Crippen molar-refractivity contribution in [2.24, 2.45) is 10.9 Å². The minimum atomic E-state index is 0. The number of likely N-dealkylation sites (tertiary alicyclic amines) is 1. The van der Waals surface area contributed by atoms with Crippen LogP contribution in [-0.2, 0) is 11.3 Å². The zero-order chi connectivity index (χ0) is 20.4. The molecule has 1 aromatic carbocycles. The molecule has 6 nitrogen and oxygen atoms in total. The van der Waals surface area contributed by atoms with Crippen molar-refractivity contribution in [1.29, 1.82) is 0 Å². The lowest BCUT2D eigenvalue weighted by molar-refractivity contribution is -0.127. The summed E-state index contributed by atoms with van der Waals surface area (Å²) in [5.41, 5.74) is 1.37. The molecular weight excluding hydrogens is 477 g/mol. The Hall–Kier alpha value is -1.35. The van der Waals surface area contributed by atoms with Crippen LogP contribution in [0.1, 0.15) is 38.7 Å². The Morgan fingerprint density at radius 3 is 2.45 bits per heavy atom. The average molecular weight is 515 g/mol. The predicted octanol–water partition coefficient (Wildman–Crippen LogP) is 2.94. The van der Waals surface area contributed by atoms with Crippen LogP contribution in [0.5, 0.6) is 0 Å². The SMILES string of the molecule is CC(C)CCNC(=NCC(=O)N(C)C)NC1CCN(Cc2ccccc2)CC1.I. The molecule has 1 saturated heterocycles. The monoisotopic (exact) mass is 515 g/mol. The van der Waals surface area contributed by atoms with Gasteiger partial charge < -0.3 is 15.5 Å². The highest BCUT2D eigenvalue weighted by atomic mass is 127. The molecule has 1 heterocycles. The number of likely N-dealkylation sites (N-methyl/N-ethyl adjacent to an activating group) is 1. The van der Waals surface area contributed by atoms with Crippen LogP contribution in [0.25, 0.3) is 0 Å². The fourth-order valence-corrected chi connectivity index (χ4v) is 3.19. The molecular formula is C22H38IN5O. The number of benzene rings is 1. The van der Waals surface area contributed by atoms with E-state index in [1.54, 1.807) is 19.0 Å². The fraction of sp³-hybridized carbons (Fsp3) is 0.636. The Balaban J connectivity index is 0.00000420. The van der Waals surface area contributed by atoms with E-state index < -0.39 is 0 Å². The summed E-state index contributed by atoms with van der Waals surface area (Å²) in [5.74, 6) is 1.42. The van der Waals surface area contributed by atoms with Gasteiger partial charge >= 0.3 is 0 Å². The van der Waals surface area contributed by atoms with Crippen LogP contribution in [-0.4, -0.2) is 68.0 Å². The number of carbonyl (C=O) groups is 1. The van der Waals surface area contributed by atoms with E-state index in [9.17, 15) is 4.79 Å². The molecule has 164 valence electrons. The van der Waals surface area contributed by atoms with Crippen molar-refractivity contribution in [2.45, 2.75) is 45.7 Å². The van der Waals surface area contributed by atoms with E-state index in [1.165, 1.54) is 5.56 Å². The van der Waals surface area contributed by atoms with E-state index >= 15 is 0 Å². The van der Waals surface area contributed by atoms with Crippen molar-refractivity contribution in [3.63, 3.8) is 0 Å². The largest absolute Gasteiger partial charge is 0.356 e. The molecule has 0 saturated carbocycles. The molecule has 1 aromatic rings. The van der Waals surface area contributed by atoms with Gasteiger partial charge in [-0.1, -0.05) is 44.2 Å². The predicted molar refractivity (Wildman–Crippen MR) is 132 cm³/mol. The second-order valence-electron chi connectivity index (χ2n) is 8.24. The third-order valence-corrected chi connectivity index (χ3v) is 5.06. The average Bonchev–Trinajstić information content (AvgIpc) is 2.67. The topological polar surface area (TPSA) is 60.0 Å². The minimum Gasteiger partial charge on any atom is -0.356 e. The second kappa shape index (κ2) is 13.8. The van der Waals surface area contributed by atoms with Crippen molar-refractivity contribution in [3.05, 3.63) is 35.9 Å². The number of nitrogens with one attached hydrogen (secondary N) is 2. The lowest BCUT2D eigenvalue weighted by Crippen LogP contribution is -2.49. The summed E-state index contributed by atoms with van der Waals surface area (Å²) < 4.78 is 0. The van der Waals surface area contributed by atoms with Crippen LogP contribution < -0.4 is 10.6 Å². The standard InChI is InChI=1S/C22H37N5O.HI/c1-18(2)10-13-23-22(24-16-21(28)26(3)4)25-20-11-14-27(15-12-20)17-19-8-6-5-7-9-19;/h5-9,18,20H,10-17H2,1-4H3,(H2,23,24,25);1H. The van der Waals surface area contributed by atoms with E-state index in [2.05, 4.69) is 64.7 Å². The maximum Gasteiger partial charge on any atom is 0.243 e. The first-order chi connectivity index (χ1) is 13.4. The maximum absolute atomic E-state index is 11.9. The Morgan fingerprint density at radius 2 is 1.86 bits per heavy atom. The zero-order valence-electron chi connectivity index (χ0n) is 18.4. The molecule has 1 fully saturated rings. The van der Waals surface area contributed by atoms with Gasteiger partial charge in [-0.15, -0.1) is 24.0 Å². The summed E-state index contributed by atoms with van der Waals surface area (Å²) in [5, 5.41) is 6.95. The molecule has 29 heavy (non-hydrogen) atoms. The Morgan fingerprint density at radius 1 is 1.21 bits per heavy atom. The third-order valence-electron chi connectivity index (χ3n) is 5.06. The number of guanidine groups is 1. The van der Waals surface area contributed by atoms with Gasteiger partial charge in [-0.25, -0.2) is 4.99 Å². The first-order valence-corrected chi connectivity index (χ1v) is 10.5. The van der Waals surface area contributed by atoms with Crippen LogP contribution in [0.15, 0.2) is 35.3 Å². The third kappa shape index (κ3) is 10.3. The second-order valence-corrected chi connectivity index (χ2v) is 8.24. The zero-order valence-corrected chi connectivity index (χ0v) is 20.7. The summed E-state index contributed by atoms with van der Waals surface area (Å²) in [6, 6.07) is 11.0. The Bertz CT molecular complexity index is 613. The highest BCUT2D eigenvalue weighted by Crippen LogP contribution is 2.13. The van der Waals surface area contributed by atoms with Gasteiger partial charge in [0, 0.05) is 46.3 Å². The van der Waals surface area contributed by atoms with Crippen molar-refractivity contribution in [2.75, 3.05) is 40.3 Å². The highest BCUT2D eigenvalue weighted by Gasteiger charge is 2.20. The summed E-state index contributed by atoms with van der Waals surface area (Å²) in [7, 11) is 3.53. The molecule has 2 N–H and O–H groups in total. The normalized spacial score (nSPS) is 15.7. The number of piperidine rings is 1. The molecule has 0 radical (unpaired) electrons. The van der Waals surface area contributed by atoms with Gasteiger partial charge in [0.25, 0.3) is 0 Å². The first-order valence-electron chi connectivity index (χ1n) is 10.5. The number of amides is 1. The van der Waals surface area contributed by atoms with E-state index in [4.69, 9.17) is 0 Å². The quantitative estimate of drug-likeness (QED) is 0.318. The van der Waals surface area contributed by atoms with Crippen LogP contribution in [0.3, 0.4) is 0 Å². The van der Waals surface area contributed by atoms with Gasteiger partial charge in [-0.3, -0.25) is 9.69 Å². The van der Waals surface area contributed by atoms with E-state index in [-0.39, 0.29) is 36.4 Å². The maximum atomic E-state index is 11.9. The molecule has 1 aliphatic heterocycles. The first kappa shape index (κ1) is 25.7. The molecule has 0 unspecified atom stereocenters. The summed E-state index contributed by atoms with van der Waals surface area (Å²) in [4.78, 5) is 20.5. The Labute approximate surface area is 193 Å². The summed E-state index contributed by atoms with van der Waals surface area (Å²) in [6.07, 6.45) is 3.25. The molecule has 7 heteroatoms. The van der Waals surface area contributed by atoms with Gasteiger partial charge in [-0.2, -0.15) is 0 Å².